The van der Waals surface area contributed by atoms with Crippen molar-refractivity contribution < 1.29 is 32.0 Å². The molecule has 1 aromatic carbocycles. The molecule has 5 nitrogen and oxygen atoms in total. The third-order valence-electron chi connectivity index (χ3n) is 2.90. The van der Waals surface area contributed by atoms with Crippen LogP contribution >= 0.6 is 0 Å². The minimum atomic E-state index is -4.82. The lowest BCUT2D eigenvalue weighted by Crippen LogP contribution is -2.41. The number of hydrogen-bond acceptors (Lipinski definition) is 5. The molecule has 1 rings (SSSR count). The van der Waals surface area contributed by atoms with Gasteiger partial charge >= 0.3 is 12.3 Å². The number of halogens is 3. The maximum absolute atomic E-state index is 12.3. The highest BCUT2D eigenvalue weighted by Crippen LogP contribution is 2.28. The molecule has 0 radical (unpaired) electrons. The molecule has 0 saturated heterocycles. The van der Waals surface area contributed by atoms with Crippen molar-refractivity contribution in [2.24, 2.45) is 0 Å². The molecule has 0 fully saturated rings. The first-order valence-electron chi connectivity index (χ1n) is 7.03. The van der Waals surface area contributed by atoms with Crippen molar-refractivity contribution in [3.8, 4) is 5.75 Å². The van der Waals surface area contributed by atoms with Crippen molar-refractivity contribution in [2.75, 3.05) is 7.11 Å². The van der Waals surface area contributed by atoms with Crippen LogP contribution in [-0.2, 0) is 20.9 Å². The Balaban J connectivity index is 3.05. The summed E-state index contributed by atoms with van der Waals surface area (Å²) in [7, 11) is 1.20. The van der Waals surface area contributed by atoms with Crippen molar-refractivity contribution in [2.45, 2.75) is 44.3 Å². The lowest BCUT2D eigenvalue weighted by molar-refractivity contribution is -0.274. The summed E-state index contributed by atoms with van der Waals surface area (Å²) in [4.78, 5) is 11.6. The van der Waals surface area contributed by atoms with E-state index < -0.39 is 40.2 Å². The molecule has 0 spiro atoms. The first kappa shape index (κ1) is 20.6. The third kappa shape index (κ3) is 6.98. The number of methoxy groups -OCH3 is 1. The van der Waals surface area contributed by atoms with E-state index >= 15 is 0 Å². The number of alkyl halides is 3. The van der Waals surface area contributed by atoms with Crippen molar-refractivity contribution in [1.82, 2.24) is 4.72 Å². The maximum atomic E-state index is 12.3. The maximum Gasteiger partial charge on any atom is 0.573 e. The quantitative estimate of drug-likeness (QED) is 0.617. The van der Waals surface area contributed by atoms with Gasteiger partial charge in [0.1, 0.15) is 10.5 Å². The number of carbonyl (C=O) groups excluding carboxylic acids is 1. The second kappa shape index (κ2) is 8.09. The highest BCUT2D eigenvalue weighted by molar-refractivity contribution is 7.90. The van der Waals surface area contributed by atoms with E-state index in [1.54, 1.807) is 20.8 Å². The van der Waals surface area contributed by atoms with Gasteiger partial charge in [-0.15, -0.1) is 17.9 Å². The molecule has 0 amide bonds. The molecule has 136 valence electrons. The monoisotopic (exact) mass is 367 g/mol. The largest absolute Gasteiger partial charge is 0.598 e. The van der Waals surface area contributed by atoms with E-state index in [1.807, 2.05) is 0 Å². The van der Waals surface area contributed by atoms with Crippen LogP contribution in [0.15, 0.2) is 24.3 Å². The number of rotatable bonds is 6. The Morgan fingerprint density at radius 2 is 1.96 bits per heavy atom. The van der Waals surface area contributed by atoms with Crippen molar-refractivity contribution in [3.05, 3.63) is 29.8 Å². The van der Waals surface area contributed by atoms with Gasteiger partial charge in [0.25, 0.3) is 0 Å². The number of nitrogens with one attached hydrogen (secondary N) is 1. The Bertz CT molecular complexity index is 560. The van der Waals surface area contributed by atoms with E-state index in [4.69, 9.17) is 0 Å². The van der Waals surface area contributed by atoms with Crippen LogP contribution in [0.4, 0.5) is 13.2 Å². The van der Waals surface area contributed by atoms with Gasteiger partial charge in [0.2, 0.25) is 0 Å². The van der Waals surface area contributed by atoms with E-state index in [1.165, 1.54) is 19.2 Å². The molecule has 1 N–H and O–H groups in total. The van der Waals surface area contributed by atoms with E-state index in [9.17, 15) is 22.5 Å². The molecule has 0 bridgehead atoms. The molecule has 2 atom stereocenters. The Hall–Kier alpha value is -1.45. The molecule has 0 saturated carbocycles. The average molecular weight is 367 g/mol. The molecule has 0 aliphatic heterocycles. The fourth-order valence-electron chi connectivity index (χ4n) is 1.71. The van der Waals surface area contributed by atoms with Gasteiger partial charge < -0.3 is 14.0 Å². The minimum Gasteiger partial charge on any atom is -0.598 e. The van der Waals surface area contributed by atoms with E-state index in [2.05, 4.69) is 14.2 Å². The zero-order valence-electron chi connectivity index (χ0n) is 13.8. The highest BCUT2D eigenvalue weighted by Gasteiger charge is 2.33. The summed E-state index contributed by atoms with van der Waals surface area (Å²) < 4.78 is 59.9. The fraction of sp³-hybridized carbons (Fsp3) is 0.533. The molecule has 24 heavy (non-hydrogen) atoms. The van der Waals surface area contributed by atoms with Crippen molar-refractivity contribution in [1.29, 1.82) is 0 Å². The second-order valence-corrected chi connectivity index (χ2v) is 7.95. The molecule has 9 heteroatoms. The normalized spacial score (nSPS) is 14.8. The predicted octanol–water partition coefficient (Wildman–Crippen LogP) is 3.24. The zero-order chi connectivity index (χ0) is 18.5. The summed E-state index contributed by atoms with van der Waals surface area (Å²) in [5, 5.41) is 0. The van der Waals surface area contributed by atoms with E-state index in [-0.39, 0.29) is 6.42 Å². The molecule has 1 unspecified atom stereocenters. The Morgan fingerprint density at radius 3 is 2.46 bits per heavy atom. The molecule has 0 heterocycles. The van der Waals surface area contributed by atoms with Crippen LogP contribution in [0, 0.1) is 0 Å². The van der Waals surface area contributed by atoms with Gasteiger partial charge in [0, 0.05) is 11.4 Å². The predicted molar refractivity (Wildman–Crippen MR) is 83.5 cm³/mol. The molecule has 0 aliphatic carbocycles. The SMILES string of the molecule is COC(=O)C[C@H](N[S+]([O-])C(C)(C)C)c1cccc(OC(F)(F)F)c1. The van der Waals surface area contributed by atoms with Crippen LogP contribution in [0.25, 0.3) is 0 Å². The average Bonchev–Trinajstić information content (AvgIpc) is 2.43. The summed E-state index contributed by atoms with van der Waals surface area (Å²) in [5.41, 5.74) is 0.333. The van der Waals surface area contributed by atoms with Crippen LogP contribution in [-0.4, -0.2) is 28.7 Å². The molecular weight excluding hydrogens is 347 g/mol. The second-order valence-electron chi connectivity index (χ2n) is 5.95. The number of esters is 1. The van der Waals surface area contributed by atoms with Crippen LogP contribution in [0.5, 0.6) is 5.75 Å². The van der Waals surface area contributed by atoms with Gasteiger partial charge in [-0.1, -0.05) is 12.1 Å². The first-order valence-corrected chi connectivity index (χ1v) is 8.18. The minimum absolute atomic E-state index is 0.187. The summed E-state index contributed by atoms with van der Waals surface area (Å²) in [5.74, 6) is -1.00. The number of hydrogen-bond donors (Lipinski definition) is 1. The summed E-state index contributed by atoms with van der Waals surface area (Å²) in [6.07, 6.45) is -5.01. The lowest BCUT2D eigenvalue weighted by atomic mass is 10.0. The highest BCUT2D eigenvalue weighted by atomic mass is 32.2. The van der Waals surface area contributed by atoms with Crippen LogP contribution in [0.2, 0.25) is 0 Å². The zero-order valence-corrected chi connectivity index (χ0v) is 14.6. The summed E-state index contributed by atoms with van der Waals surface area (Å²) in [6, 6.07) is 4.39. The van der Waals surface area contributed by atoms with Gasteiger partial charge in [-0.2, -0.15) is 0 Å². The summed E-state index contributed by atoms with van der Waals surface area (Å²) in [6.45, 7) is 5.19. The van der Waals surface area contributed by atoms with Gasteiger partial charge in [-0.25, -0.2) is 0 Å². The lowest BCUT2D eigenvalue weighted by Gasteiger charge is -2.28. The van der Waals surface area contributed by atoms with Gasteiger partial charge in [0.05, 0.1) is 19.6 Å². The van der Waals surface area contributed by atoms with Crippen LogP contribution < -0.4 is 9.46 Å². The number of carbonyl (C=O) groups is 1. The smallest absolute Gasteiger partial charge is 0.573 e. The molecule has 1 aromatic rings. The van der Waals surface area contributed by atoms with Crippen LogP contribution in [0.1, 0.15) is 38.8 Å². The van der Waals surface area contributed by atoms with E-state index in [0.717, 1.165) is 12.1 Å². The summed E-state index contributed by atoms with van der Waals surface area (Å²) >= 11 is -1.53. The van der Waals surface area contributed by atoms with Gasteiger partial charge in [-0.05, 0) is 38.5 Å². The van der Waals surface area contributed by atoms with Gasteiger partial charge in [-0.3, -0.25) is 4.79 Å². The van der Waals surface area contributed by atoms with E-state index in [0.29, 0.717) is 5.56 Å². The topological polar surface area (TPSA) is 70.6 Å². The first-order chi connectivity index (χ1) is 10.9. The Morgan fingerprint density at radius 1 is 1.33 bits per heavy atom. The standard InChI is InChI=1S/C15H20F3NO4S/c1-14(2,3)24(21)19-12(9-13(20)22-4)10-6-5-7-11(8-10)23-15(16,17)18/h5-8,12,19H,9H2,1-4H3/t12-,24?/m0/s1. The van der Waals surface area contributed by atoms with Crippen LogP contribution in [0.3, 0.4) is 0 Å². The molecular formula is C15H20F3NO4S. The number of ether oxygens (including phenoxy) is 2. The molecule has 0 aliphatic rings. The number of benzene rings is 1. The Kier molecular flexibility index (Phi) is 6.94. The van der Waals surface area contributed by atoms with Crippen molar-refractivity contribution >= 4 is 17.3 Å². The fourth-order valence-corrected chi connectivity index (χ4v) is 2.54. The molecule has 0 aromatic heterocycles. The third-order valence-corrected chi connectivity index (χ3v) is 4.51. The van der Waals surface area contributed by atoms with Crippen molar-refractivity contribution in [3.63, 3.8) is 0 Å². The Labute approximate surface area is 141 Å². The van der Waals surface area contributed by atoms with Gasteiger partial charge in [0.15, 0.2) is 0 Å².